The Morgan fingerprint density at radius 3 is 2.57 bits per heavy atom. The molecule has 1 rings (SSSR count). The van der Waals surface area contributed by atoms with Crippen molar-refractivity contribution < 1.29 is 9.53 Å². The molecular formula is C11H17NO2. The van der Waals surface area contributed by atoms with Crippen molar-refractivity contribution in [2.24, 2.45) is 5.92 Å². The van der Waals surface area contributed by atoms with Gasteiger partial charge in [-0.05, 0) is 13.0 Å². The van der Waals surface area contributed by atoms with Crippen LogP contribution in [-0.2, 0) is 4.74 Å². The Hall–Kier alpha value is -1.25. The van der Waals surface area contributed by atoms with Crippen molar-refractivity contribution in [2.45, 2.75) is 19.4 Å². The molecule has 2 unspecified atom stereocenters. The van der Waals surface area contributed by atoms with Gasteiger partial charge < -0.3 is 9.64 Å². The molecule has 1 aliphatic rings. The quantitative estimate of drug-likeness (QED) is 0.642. The summed E-state index contributed by atoms with van der Waals surface area (Å²) in [6.45, 7) is 3.95. The van der Waals surface area contributed by atoms with E-state index in [2.05, 4.69) is 0 Å². The van der Waals surface area contributed by atoms with E-state index in [4.69, 9.17) is 4.74 Å². The van der Waals surface area contributed by atoms with Gasteiger partial charge in [0, 0.05) is 20.0 Å². The number of allylic oxidation sites excluding steroid dienone is 2. The molecular weight excluding hydrogens is 178 g/mol. The van der Waals surface area contributed by atoms with Crippen molar-refractivity contribution in [3.05, 3.63) is 24.3 Å². The summed E-state index contributed by atoms with van der Waals surface area (Å²) in [5, 5.41) is 0. The highest BCUT2D eigenvalue weighted by atomic mass is 16.6. The Labute approximate surface area is 85.0 Å². The van der Waals surface area contributed by atoms with Gasteiger partial charge in [-0.1, -0.05) is 25.2 Å². The molecule has 0 N–H and O–H groups in total. The van der Waals surface area contributed by atoms with Crippen molar-refractivity contribution in [3.8, 4) is 0 Å². The topological polar surface area (TPSA) is 29.5 Å². The smallest absolute Gasteiger partial charge is 0.410 e. The largest absolute Gasteiger partial charge is 0.438 e. The first-order valence-electron chi connectivity index (χ1n) is 4.72. The lowest BCUT2D eigenvalue weighted by molar-refractivity contribution is 0.0183. The molecule has 0 heterocycles. The third kappa shape index (κ3) is 2.16. The number of ether oxygens (including phenoxy) is 1. The molecule has 78 valence electrons. The number of hydrogen-bond donors (Lipinski definition) is 0. The van der Waals surface area contributed by atoms with Crippen LogP contribution in [0.3, 0.4) is 0 Å². The van der Waals surface area contributed by atoms with Crippen molar-refractivity contribution >= 4 is 6.09 Å². The summed E-state index contributed by atoms with van der Waals surface area (Å²) in [5.41, 5.74) is -0.518. The molecule has 3 heteroatoms. The standard InChI is InChI=1S/C11H17NO2/c1-9-7-5-6-8-11(9,2)14-10(13)12(3)4/h5-9H,1-4H3. The van der Waals surface area contributed by atoms with Gasteiger partial charge in [-0.25, -0.2) is 4.79 Å². The summed E-state index contributed by atoms with van der Waals surface area (Å²) in [4.78, 5) is 12.8. The zero-order valence-electron chi connectivity index (χ0n) is 9.15. The molecule has 0 spiro atoms. The van der Waals surface area contributed by atoms with E-state index in [1.54, 1.807) is 14.1 Å². The van der Waals surface area contributed by atoms with Crippen molar-refractivity contribution in [3.63, 3.8) is 0 Å². The molecule has 0 radical (unpaired) electrons. The van der Waals surface area contributed by atoms with E-state index in [1.807, 2.05) is 38.2 Å². The summed E-state index contributed by atoms with van der Waals surface area (Å²) in [7, 11) is 3.36. The van der Waals surface area contributed by atoms with E-state index < -0.39 is 5.60 Å². The van der Waals surface area contributed by atoms with Gasteiger partial charge in [-0.2, -0.15) is 0 Å². The minimum absolute atomic E-state index is 0.205. The van der Waals surface area contributed by atoms with E-state index in [0.717, 1.165) is 0 Å². The maximum absolute atomic E-state index is 11.4. The molecule has 0 aromatic rings. The van der Waals surface area contributed by atoms with Crippen LogP contribution in [0.4, 0.5) is 4.79 Å². The monoisotopic (exact) mass is 195 g/mol. The Morgan fingerprint density at radius 2 is 2.07 bits per heavy atom. The number of carbonyl (C=O) groups is 1. The average Bonchev–Trinajstić information content (AvgIpc) is 2.10. The first-order valence-corrected chi connectivity index (χ1v) is 4.72. The Balaban J connectivity index is 2.71. The molecule has 0 aromatic carbocycles. The van der Waals surface area contributed by atoms with Gasteiger partial charge in [0.25, 0.3) is 0 Å². The van der Waals surface area contributed by atoms with Gasteiger partial charge in [0.15, 0.2) is 0 Å². The summed E-state index contributed by atoms with van der Waals surface area (Å²) in [6.07, 6.45) is 7.51. The van der Waals surface area contributed by atoms with Gasteiger partial charge >= 0.3 is 6.09 Å². The van der Waals surface area contributed by atoms with Crippen molar-refractivity contribution in [1.29, 1.82) is 0 Å². The van der Waals surface area contributed by atoms with E-state index in [1.165, 1.54) is 4.90 Å². The van der Waals surface area contributed by atoms with Crippen molar-refractivity contribution in [1.82, 2.24) is 4.90 Å². The molecule has 0 bridgehead atoms. The Morgan fingerprint density at radius 1 is 1.43 bits per heavy atom. The van der Waals surface area contributed by atoms with Crippen LogP contribution in [0.2, 0.25) is 0 Å². The van der Waals surface area contributed by atoms with Crippen LogP contribution in [0.15, 0.2) is 24.3 Å². The number of rotatable bonds is 1. The zero-order valence-corrected chi connectivity index (χ0v) is 9.15. The lowest BCUT2D eigenvalue weighted by Crippen LogP contribution is -2.40. The molecule has 1 amide bonds. The lowest BCUT2D eigenvalue weighted by Gasteiger charge is -2.33. The maximum atomic E-state index is 11.4. The second-order valence-electron chi connectivity index (χ2n) is 3.98. The molecule has 0 saturated carbocycles. The highest BCUT2D eigenvalue weighted by Crippen LogP contribution is 2.28. The minimum Gasteiger partial charge on any atom is -0.438 e. The Kier molecular flexibility index (Phi) is 2.99. The number of amides is 1. The molecule has 14 heavy (non-hydrogen) atoms. The van der Waals surface area contributed by atoms with Crippen LogP contribution in [-0.4, -0.2) is 30.7 Å². The maximum Gasteiger partial charge on any atom is 0.410 e. The summed E-state index contributed by atoms with van der Waals surface area (Å²) in [5.74, 6) is 0.205. The van der Waals surface area contributed by atoms with Gasteiger partial charge in [-0.3, -0.25) is 0 Å². The highest BCUT2D eigenvalue weighted by molar-refractivity contribution is 5.67. The van der Waals surface area contributed by atoms with E-state index in [-0.39, 0.29) is 12.0 Å². The summed E-state index contributed by atoms with van der Waals surface area (Å²) in [6, 6.07) is 0. The van der Waals surface area contributed by atoms with Crippen LogP contribution >= 0.6 is 0 Å². The van der Waals surface area contributed by atoms with Gasteiger partial charge in [0.2, 0.25) is 0 Å². The first kappa shape index (κ1) is 10.8. The summed E-state index contributed by atoms with van der Waals surface area (Å²) < 4.78 is 5.40. The fourth-order valence-electron chi connectivity index (χ4n) is 1.23. The minimum atomic E-state index is -0.518. The van der Waals surface area contributed by atoms with Crippen LogP contribution < -0.4 is 0 Å². The van der Waals surface area contributed by atoms with E-state index in [0.29, 0.717) is 0 Å². The fraction of sp³-hybridized carbons (Fsp3) is 0.545. The first-order chi connectivity index (χ1) is 6.46. The molecule has 1 aliphatic carbocycles. The number of carbonyl (C=O) groups excluding carboxylic acids is 1. The molecule has 2 atom stereocenters. The number of hydrogen-bond acceptors (Lipinski definition) is 2. The molecule has 0 fully saturated rings. The van der Waals surface area contributed by atoms with Crippen LogP contribution in [0, 0.1) is 5.92 Å². The number of nitrogens with zero attached hydrogens (tertiary/aromatic N) is 1. The van der Waals surface area contributed by atoms with Gasteiger partial charge in [0.05, 0.1) is 0 Å². The third-order valence-electron chi connectivity index (χ3n) is 2.51. The second kappa shape index (κ2) is 3.86. The predicted molar refractivity (Wildman–Crippen MR) is 56.0 cm³/mol. The second-order valence-corrected chi connectivity index (χ2v) is 3.98. The van der Waals surface area contributed by atoms with Gasteiger partial charge in [-0.15, -0.1) is 0 Å². The predicted octanol–water partition coefficient (Wildman–Crippen LogP) is 2.21. The summed E-state index contributed by atoms with van der Waals surface area (Å²) >= 11 is 0. The van der Waals surface area contributed by atoms with Crippen LogP contribution in [0.5, 0.6) is 0 Å². The lowest BCUT2D eigenvalue weighted by atomic mass is 9.87. The molecule has 3 nitrogen and oxygen atoms in total. The van der Waals surface area contributed by atoms with E-state index in [9.17, 15) is 4.79 Å². The van der Waals surface area contributed by atoms with Crippen LogP contribution in [0.25, 0.3) is 0 Å². The fourth-order valence-corrected chi connectivity index (χ4v) is 1.23. The van der Waals surface area contributed by atoms with E-state index >= 15 is 0 Å². The Bertz CT molecular complexity index is 281. The SMILES string of the molecule is CC1C=CC=CC1(C)OC(=O)N(C)C. The highest BCUT2D eigenvalue weighted by Gasteiger charge is 2.32. The van der Waals surface area contributed by atoms with Crippen molar-refractivity contribution in [2.75, 3.05) is 14.1 Å². The third-order valence-corrected chi connectivity index (χ3v) is 2.51. The molecule has 0 aromatic heterocycles. The molecule has 0 saturated heterocycles. The zero-order chi connectivity index (χ0) is 10.8. The average molecular weight is 195 g/mol. The normalized spacial score (nSPS) is 30.1. The van der Waals surface area contributed by atoms with Crippen LogP contribution in [0.1, 0.15) is 13.8 Å². The molecule has 0 aliphatic heterocycles. The van der Waals surface area contributed by atoms with Gasteiger partial charge in [0.1, 0.15) is 5.60 Å².